The van der Waals surface area contributed by atoms with E-state index in [2.05, 4.69) is 0 Å². The zero-order valence-corrected chi connectivity index (χ0v) is 18.2. The lowest BCUT2D eigenvalue weighted by Gasteiger charge is -2.23. The van der Waals surface area contributed by atoms with E-state index < -0.39 is 26.5 Å². The molecule has 0 atom stereocenters. The number of benzene rings is 3. The Morgan fingerprint density at radius 1 is 1.00 bits per heavy atom. The lowest BCUT2D eigenvalue weighted by atomic mass is 10.2. The first kappa shape index (κ1) is 22.5. The van der Waals surface area contributed by atoms with Gasteiger partial charge < -0.3 is 4.74 Å². The lowest BCUT2D eigenvalue weighted by Crippen LogP contribution is -2.37. The highest BCUT2D eigenvalue weighted by molar-refractivity contribution is 7.93. The maximum Gasteiger partial charge on any atom is 0.288 e. The number of nitro groups is 1. The van der Waals surface area contributed by atoms with Crippen LogP contribution in [0.2, 0.25) is 10.0 Å². The molecule has 0 fully saturated rings. The monoisotopic (exact) mass is 480 g/mol. The van der Waals surface area contributed by atoms with Crippen molar-refractivity contribution >= 4 is 50.5 Å². The van der Waals surface area contributed by atoms with E-state index in [1.54, 1.807) is 6.07 Å². The highest BCUT2D eigenvalue weighted by Crippen LogP contribution is 2.34. The molecule has 11 heteroatoms. The quantitative estimate of drug-likeness (QED) is 0.365. The SMILES string of the molecule is COc1ccc(N(C(=O)c2ccc(Cl)c([N+](=O)[O-])c2)S(=O)(=O)c2ccccc2)cc1Cl. The molecule has 0 bridgehead atoms. The third-order valence-electron chi connectivity index (χ3n) is 4.23. The third kappa shape index (κ3) is 4.48. The van der Waals surface area contributed by atoms with Crippen molar-refractivity contribution in [2.24, 2.45) is 0 Å². The molecule has 0 heterocycles. The van der Waals surface area contributed by atoms with Crippen LogP contribution >= 0.6 is 23.2 Å². The molecule has 0 radical (unpaired) electrons. The van der Waals surface area contributed by atoms with Gasteiger partial charge in [-0.1, -0.05) is 41.4 Å². The van der Waals surface area contributed by atoms with Gasteiger partial charge in [-0.3, -0.25) is 14.9 Å². The average molecular weight is 481 g/mol. The minimum atomic E-state index is -4.40. The van der Waals surface area contributed by atoms with Gasteiger partial charge in [0, 0.05) is 11.6 Å². The highest BCUT2D eigenvalue weighted by atomic mass is 35.5. The first-order valence-corrected chi connectivity index (χ1v) is 10.8. The van der Waals surface area contributed by atoms with Crippen LogP contribution in [0.4, 0.5) is 11.4 Å². The summed E-state index contributed by atoms with van der Waals surface area (Å²) in [4.78, 5) is 23.6. The van der Waals surface area contributed by atoms with Gasteiger partial charge in [-0.2, -0.15) is 4.31 Å². The Morgan fingerprint density at radius 3 is 2.26 bits per heavy atom. The van der Waals surface area contributed by atoms with Crippen LogP contribution in [0, 0.1) is 10.1 Å². The molecule has 3 rings (SSSR count). The summed E-state index contributed by atoms with van der Waals surface area (Å²) in [5, 5.41) is 11.1. The smallest absolute Gasteiger partial charge is 0.288 e. The fourth-order valence-corrected chi connectivity index (χ4v) is 4.61. The summed E-state index contributed by atoms with van der Waals surface area (Å²) in [6.45, 7) is 0. The second-order valence-electron chi connectivity index (χ2n) is 6.13. The summed E-state index contributed by atoms with van der Waals surface area (Å²) >= 11 is 12.0. The van der Waals surface area contributed by atoms with Crippen molar-refractivity contribution in [2.75, 3.05) is 11.4 Å². The zero-order valence-electron chi connectivity index (χ0n) is 15.9. The highest BCUT2D eigenvalue weighted by Gasteiger charge is 2.33. The Kier molecular flexibility index (Phi) is 6.49. The Morgan fingerprint density at radius 2 is 1.68 bits per heavy atom. The van der Waals surface area contributed by atoms with Crippen LogP contribution in [0.15, 0.2) is 71.6 Å². The summed E-state index contributed by atoms with van der Waals surface area (Å²) in [6, 6.07) is 14.6. The molecule has 0 aromatic heterocycles. The van der Waals surface area contributed by atoms with Crippen molar-refractivity contribution in [1.29, 1.82) is 0 Å². The number of hydrogen-bond donors (Lipinski definition) is 0. The van der Waals surface area contributed by atoms with Gasteiger partial charge in [0.05, 0.1) is 27.6 Å². The van der Waals surface area contributed by atoms with Crippen molar-refractivity contribution in [3.63, 3.8) is 0 Å². The molecule has 0 saturated carbocycles. The molecule has 0 N–H and O–H groups in total. The number of ether oxygens (including phenoxy) is 1. The summed E-state index contributed by atoms with van der Waals surface area (Å²) < 4.78 is 32.3. The molecule has 0 aliphatic rings. The maximum absolute atomic E-state index is 13.4. The average Bonchev–Trinajstić information content (AvgIpc) is 2.74. The number of amides is 1. The number of nitro benzene ring substituents is 1. The maximum atomic E-state index is 13.4. The minimum Gasteiger partial charge on any atom is -0.495 e. The fraction of sp³-hybridized carbons (Fsp3) is 0.0500. The summed E-state index contributed by atoms with van der Waals surface area (Å²) in [5.74, 6) is -0.748. The molecule has 0 spiro atoms. The molecule has 0 unspecified atom stereocenters. The van der Waals surface area contributed by atoms with E-state index in [-0.39, 0.29) is 31.9 Å². The fourth-order valence-electron chi connectivity index (χ4n) is 2.75. The molecule has 0 aliphatic carbocycles. The van der Waals surface area contributed by atoms with E-state index in [4.69, 9.17) is 27.9 Å². The number of methoxy groups -OCH3 is 1. The molecule has 8 nitrogen and oxygen atoms in total. The van der Waals surface area contributed by atoms with Gasteiger partial charge >= 0.3 is 0 Å². The van der Waals surface area contributed by atoms with Gasteiger partial charge in [-0.05, 0) is 42.5 Å². The topological polar surface area (TPSA) is 107 Å². The first-order valence-electron chi connectivity index (χ1n) is 8.59. The van der Waals surface area contributed by atoms with Gasteiger partial charge in [0.1, 0.15) is 10.8 Å². The van der Waals surface area contributed by atoms with Crippen molar-refractivity contribution in [3.8, 4) is 5.75 Å². The molecule has 0 saturated heterocycles. The van der Waals surface area contributed by atoms with Crippen LogP contribution in [-0.4, -0.2) is 26.4 Å². The number of carbonyl (C=O) groups is 1. The first-order chi connectivity index (χ1) is 14.7. The van der Waals surface area contributed by atoms with E-state index >= 15 is 0 Å². The standard InChI is InChI=1S/C20H14Cl2N2O6S/c1-30-19-10-8-14(12-17(19)22)23(31(28,29)15-5-3-2-4-6-15)20(25)13-7-9-16(21)18(11-13)24(26)27/h2-12H,1H3. The number of sulfonamides is 1. The second-order valence-corrected chi connectivity index (χ2v) is 8.73. The van der Waals surface area contributed by atoms with Crippen molar-refractivity contribution in [3.05, 3.63) is 92.5 Å². The molecular formula is C20H14Cl2N2O6S. The Bertz CT molecular complexity index is 1270. The third-order valence-corrected chi connectivity index (χ3v) is 6.57. The number of rotatable bonds is 6. The Labute approximate surface area is 187 Å². The van der Waals surface area contributed by atoms with E-state index in [0.29, 0.717) is 4.31 Å². The van der Waals surface area contributed by atoms with Gasteiger partial charge in [-0.25, -0.2) is 8.42 Å². The number of anilines is 1. The predicted molar refractivity (Wildman–Crippen MR) is 117 cm³/mol. The molecule has 1 amide bonds. The molecule has 0 aliphatic heterocycles. The van der Waals surface area contributed by atoms with Crippen LogP contribution in [-0.2, 0) is 10.0 Å². The zero-order chi connectivity index (χ0) is 22.8. The van der Waals surface area contributed by atoms with E-state index in [9.17, 15) is 23.3 Å². The van der Waals surface area contributed by atoms with Gasteiger partial charge in [0.2, 0.25) is 0 Å². The van der Waals surface area contributed by atoms with Crippen molar-refractivity contribution < 1.29 is 22.9 Å². The number of nitrogens with zero attached hydrogens (tertiary/aromatic N) is 2. The van der Waals surface area contributed by atoms with Crippen LogP contribution in [0.25, 0.3) is 0 Å². The van der Waals surface area contributed by atoms with Crippen LogP contribution < -0.4 is 9.04 Å². The Balaban J connectivity index is 2.21. The van der Waals surface area contributed by atoms with E-state index in [0.717, 1.165) is 12.1 Å². The number of halogens is 2. The van der Waals surface area contributed by atoms with Crippen LogP contribution in [0.1, 0.15) is 10.4 Å². The van der Waals surface area contributed by atoms with Crippen molar-refractivity contribution in [1.82, 2.24) is 0 Å². The summed E-state index contributed by atoms with van der Waals surface area (Å²) in [6.07, 6.45) is 0. The van der Waals surface area contributed by atoms with Crippen LogP contribution in [0.3, 0.4) is 0 Å². The largest absolute Gasteiger partial charge is 0.495 e. The Hall–Kier alpha value is -3.14. The second kappa shape index (κ2) is 8.93. The summed E-state index contributed by atoms with van der Waals surface area (Å²) in [7, 11) is -3.01. The molecule has 3 aromatic carbocycles. The van der Waals surface area contributed by atoms with E-state index in [1.807, 2.05) is 0 Å². The van der Waals surface area contributed by atoms with Crippen LogP contribution in [0.5, 0.6) is 5.75 Å². The molecular weight excluding hydrogens is 467 g/mol. The van der Waals surface area contributed by atoms with Crippen molar-refractivity contribution in [2.45, 2.75) is 4.90 Å². The van der Waals surface area contributed by atoms with E-state index in [1.165, 1.54) is 55.6 Å². The normalized spacial score (nSPS) is 11.1. The molecule has 160 valence electrons. The number of hydrogen-bond acceptors (Lipinski definition) is 6. The number of carbonyl (C=O) groups excluding carboxylic acids is 1. The van der Waals surface area contributed by atoms with Gasteiger partial charge in [0.15, 0.2) is 0 Å². The minimum absolute atomic E-state index is 0.0720. The predicted octanol–water partition coefficient (Wildman–Crippen LogP) is 4.95. The lowest BCUT2D eigenvalue weighted by molar-refractivity contribution is -0.384. The van der Waals surface area contributed by atoms with Gasteiger partial charge in [0.25, 0.3) is 21.6 Å². The summed E-state index contributed by atoms with van der Waals surface area (Å²) in [5.41, 5.74) is -0.850. The molecule has 31 heavy (non-hydrogen) atoms. The molecule has 3 aromatic rings. The van der Waals surface area contributed by atoms with Gasteiger partial charge in [-0.15, -0.1) is 0 Å².